The first-order chi connectivity index (χ1) is 5.75. The lowest BCUT2D eigenvalue weighted by Gasteiger charge is -2.00. The fourth-order valence-corrected chi connectivity index (χ4v) is 1.51. The first kappa shape index (κ1) is 8.15. The summed E-state index contributed by atoms with van der Waals surface area (Å²) in [5, 5.41) is 15.9. The number of aliphatic hydroxyl groups is 1. The molecule has 0 aromatic carbocycles. The van der Waals surface area contributed by atoms with Crippen LogP contribution in [0.1, 0.15) is 18.4 Å². The van der Waals surface area contributed by atoms with Crippen molar-refractivity contribution in [2.45, 2.75) is 18.6 Å². The summed E-state index contributed by atoms with van der Waals surface area (Å²) in [6, 6.07) is -0.00111. The van der Waals surface area contributed by atoms with Crippen molar-refractivity contribution in [3.63, 3.8) is 0 Å². The Hall–Kier alpha value is -0.460. The van der Waals surface area contributed by atoms with Gasteiger partial charge in [-0.2, -0.15) is 4.98 Å². The Morgan fingerprint density at radius 3 is 3.00 bits per heavy atom. The van der Waals surface area contributed by atoms with Gasteiger partial charge in [-0.15, -0.1) is 0 Å². The molecule has 0 radical (unpaired) electrons. The number of hydrogen-bond acceptors (Lipinski definition) is 5. The molecule has 2 rings (SSSR count). The van der Waals surface area contributed by atoms with Crippen LogP contribution in [0.3, 0.4) is 0 Å². The van der Waals surface area contributed by atoms with Crippen molar-refractivity contribution in [2.75, 3.05) is 6.54 Å². The number of β-amino-alcohol motifs (C(OH)–C–C–N with tert-alkyl or cyclic N) is 1. The predicted molar refractivity (Wildman–Crippen MR) is 43.4 cm³/mol. The van der Waals surface area contributed by atoms with E-state index in [0.29, 0.717) is 23.6 Å². The highest BCUT2D eigenvalue weighted by Gasteiger charge is 2.27. The van der Waals surface area contributed by atoms with Crippen LogP contribution < -0.4 is 5.32 Å². The summed E-state index contributed by atoms with van der Waals surface area (Å²) in [5.41, 5.74) is 0. The smallest absolute Gasteiger partial charge is 0.244 e. The van der Waals surface area contributed by atoms with E-state index in [4.69, 9.17) is 4.52 Å². The van der Waals surface area contributed by atoms with E-state index in [-0.39, 0.29) is 12.1 Å². The van der Waals surface area contributed by atoms with E-state index in [2.05, 4.69) is 31.4 Å². The summed E-state index contributed by atoms with van der Waals surface area (Å²) in [5.74, 6) is 0.526. The standard InChI is InChI=1S/C6H8BrN3O2/c7-6-9-5(12-10-6)4-1-3(11)2-8-4/h3-4,8,11H,1-2H2. The molecule has 0 bridgehead atoms. The molecular weight excluding hydrogens is 226 g/mol. The minimum absolute atomic E-state index is 0.00111. The minimum Gasteiger partial charge on any atom is -0.392 e. The van der Waals surface area contributed by atoms with Gasteiger partial charge in [-0.25, -0.2) is 0 Å². The molecule has 5 nitrogen and oxygen atoms in total. The number of aromatic nitrogens is 2. The Morgan fingerprint density at radius 2 is 2.50 bits per heavy atom. The van der Waals surface area contributed by atoms with Crippen molar-refractivity contribution in [1.29, 1.82) is 0 Å². The molecule has 12 heavy (non-hydrogen) atoms. The van der Waals surface area contributed by atoms with Crippen LogP contribution in [0.15, 0.2) is 9.26 Å². The van der Waals surface area contributed by atoms with Crippen LogP contribution in [0, 0.1) is 0 Å². The Labute approximate surface area is 77.3 Å². The fourth-order valence-electron chi connectivity index (χ4n) is 1.26. The first-order valence-electron chi connectivity index (χ1n) is 3.66. The molecule has 1 aliphatic rings. The lowest BCUT2D eigenvalue weighted by molar-refractivity contribution is 0.191. The third-order valence-corrected chi connectivity index (χ3v) is 2.14. The Morgan fingerprint density at radius 1 is 1.67 bits per heavy atom. The van der Waals surface area contributed by atoms with E-state index in [1.165, 1.54) is 0 Å². The highest BCUT2D eigenvalue weighted by molar-refractivity contribution is 9.10. The second-order valence-corrected chi connectivity index (χ2v) is 3.46. The average molecular weight is 234 g/mol. The molecule has 0 spiro atoms. The highest BCUT2D eigenvalue weighted by Crippen LogP contribution is 2.22. The summed E-state index contributed by atoms with van der Waals surface area (Å²) in [6.45, 7) is 0.588. The topological polar surface area (TPSA) is 71.2 Å². The van der Waals surface area contributed by atoms with Crippen molar-refractivity contribution >= 4 is 15.9 Å². The van der Waals surface area contributed by atoms with Gasteiger partial charge in [0.15, 0.2) is 0 Å². The SMILES string of the molecule is OC1CNC(c2nc(Br)no2)C1. The average Bonchev–Trinajstić information content (AvgIpc) is 2.58. The molecule has 2 atom stereocenters. The molecule has 2 N–H and O–H groups in total. The summed E-state index contributed by atoms with van der Waals surface area (Å²) in [7, 11) is 0. The molecule has 2 heterocycles. The molecule has 66 valence electrons. The lowest BCUT2D eigenvalue weighted by Crippen LogP contribution is -2.14. The predicted octanol–water partition coefficient (Wildman–Crippen LogP) is 0.227. The summed E-state index contributed by atoms with van der Waals surface area (Å²) in [4.78, 5) is 3.99. The van der Waals surface area contributed by atoms with Gasteiger partial charge < -0.3 is 14.9 Å². The molecule has 6 heteroatoms. The van der Waals surface area contributed by atoms with Crippen molar-refractivity contribution in [2.24, 2.45) is 0 Å². The number of aliphatic hydroxyl groups excluding tert-OH is 1. The zero-order chi connectivity index (χ0) is 8.55. The summed E-state index contributed by atoms with van der Waals surface area (Å²) >= 11 is 3.09. The molecule has 0 aliphatic carbocycles. The molecule has 1 saturated heterocycles. The Balaban J connectivity index is 2.11. The lowest BCUT2D eigenvalue weighted by atomic mass is 10.2. The first-order valence-corrected chi connectivity index (χ1v) is 4.45. The molecule has 1 aliphatic heterocycles. The van der Waals surface area contributed by atoms with Crippen LogP contribution in [-0.4, -0.2) is 27.9 Å². The minimum atomic E-state index is -0.305. The van der Waals surface area contributed by atoms with Crippen LogP contribution in [0.4, 0.5) is 0 Å². The van der Waals surface area contributed by atoms with Gasteiger partial charge in [0.2, 0.25) is 10.6 Å². The number of nitrogens with one attached hydrogen (secondary N) is 1. The zero-order valence-electron chi connectivity index (χ0n) is 6.20. The maximum absolute atomic E-state index is 9.20. The highest BCUT2D eigenvalue weighted by atomic mass is 79.9. The fraction of sp³-hybridized carbons (Fsp3) is 0.667. The van der Waals surface area contributed by atoms with Gasteiger partial charge in [0.25, 0.3) is 0 Å². The van der Waals surface area contributed by atoms with Gasteiger partial charge in [-0.1, -0.05) is 0 Å². The molecule has 2 unspecified atom stereocenters. The molecular formula is C6H8BrN3O2. The van der Waals surface area contributed by atoms with Crippen LogP contribution in [0.2, 0.25) is 0 Å². The number of rotatable bonds is 1. The molecule has 1 aromatic heterocycles. The van der Waals surface area contributed by atoms with E-state index >= 15 is 0 Å². The number of hydrogen-bond donors (Lipinski definition) is 2. The number of nitrogens with zero attached hydrogens (tertiary/aromatic N) is 2. The Kier molecular flexibility index (Phi) is 2.12. The van der Waals surface area contributed by atoms with Crippen molar-refractivity contribution in [3.8, 4) is 0 Å². The van der Waals surface area contributed by atoms with E-state index in [9.17, 15) is 5.11 Å². The van der Waals surface area contributed by atoms with Gasteiger partial charge >= 0.3 is 0 Å². The van der Waals surface area contributed by atoms with Gasteiger partial charge in [-0.05, 0) is 27.5 Å². The Bertz CT molecular complexity index is 278. The molecule has 1 aromatic rings. The van der Waals surface area contributed by atoms with Gasteiger partial charge in [-0.3, -0.25) is 0 Å². The van der Waals surface area contributed by atoms with E-state index in [1.807, 2.05) is 0 Å². The maximum Gasteiger partial charge on any atom is 0.244 e. The third kappa shape index (κ3) is 1.50. The normalized spacial score (nSPS) is 29.5. The largest absolute Gasteiger partial charge is 0.392 e. The van der Waals surface area contributed by atoms with Crippen molar-refractivity contribution in [3.05, 3.63) is 10.6 Å². The molecule has 0 amide bonds. The summed E-state index contributed by atoms with van der Waals surface area (Å²) in [6.07, 6.45) is 0.329. The van der Waals surface area contributed by atoms with Gasteiger partial charge in [0.05, 0.1) is 12.1 Å². The maximum atomic E-state index is 9.20. The monoisotopic (exact) mass is 233 g/mol. The zero-order valence-corrected chi connectivity index (χ0v) is 7.78. The molecule has 1 fully saturated rings. The van der Waals surface area contributed by atoms with E-state index < -0.39 is 0 Å². The van der Waals surface area contributed by atoms with Crippen LogP contribution in [0.5, 0.6) is 0 Å². The van der Waals surface area contributed by atoms with Crippen LogP contribution >= 0.6 is 15.9 Å². The second kappa shape index (κ2) is 3.12. The number of halogens is 1. The van der Waals surface area contributed by atoms with Crippen molar-refractivity contribution < 1.29 is 9.63 Å². The van der Waals surface area contributed by atoms with Crippen LogP contribution in [0.25, 0.3) is 0 Å². The quantitative estimate of drug-likeness (QED) is 0.727. The summed E-state index contributed by atoms with van der Waals surface area (Å²) < 4.78 is 5.36. The van der Waals surface area contributed by atoms with Crippen LogP contribution in [-0.2, 0) is 0 Å². The molecule has 0 saturated carbocycles. The van der Waals surface area contributed by atoms with Gasteiger partial charge in [0, 0.05) is 6.54 Å². The third-order valence-electron chi connectivity index (χ3n) is 1.82. The van der Waals surface area contributed by atoms with Crippen molar-refractivity contribution in [1.82, 2.24) is 15.5 Å². The second-order valence-electron chi connectivity index (χ2n) is 2.75. The van der Waals surface area contributed by atoms with Gasteiger partial charge in [0.1, 0.15) is 0 Å². The van der Waals surface area contributed by atoms with E-state index in [1.54, 1.807) is 0 Å². The van der Waals surface area contributed by atoms with E-state index in [0.717, 1.165) is 0 Å².